The van der Waals surface area contributed by atoms with Crippen LogP contribution in [0.5, 0.6) is 0 Å². The Morgan fingerprint density at radius 2 is 2.33 bits per heavy atom. The summed E-state index contributed by atoms with van der Waals surface area (Å²) < 4.78 is 0. The van der Waals surface area contributed by atoms with Crippen molar-refractivity contribution in [3.05, 3.63) is 5.70 Å². The van der Waals surface area contributed by atoms with E-state index in [9.17, 15) is 4.79 Å². The molecule has 0 aromatic rings. The van der Waals surface area contributed by atoms with Gasteiger partial charge in [-0.25, -0.2) is 4.79 Å². The lowest BCUT2D eigenvalue weighted by Gasteiger charge is -2.26. The maximum absolute atomic E-state index is 10.5. The highest BCUT2D eigenvalue weighted by Gasteiger charge is 2.19. The van der Waals surface area contributed by atoms with Crippen LogP contribution >= 0.6 is 0 Å². The first kappa shape index (κ1) is 9.30. The van der Waals surface area contributed by atoms with Crippen molar-refractivity contribution in [1.82, 2.24) is 10.6 Å². The minimum absolute atomic E-state index is 0.191. The van der Waals surface area contributed by atoms with Crippen LogP contribution in [0, 0.1) is 5.92 Å². The van der Waals surface area contributed by atoms with Gasteiger partial charge in [-0.15, -0.1) is 0 Å². The molecule has 1 aliphatic rings. The average molecular weight is 168 g/mol. The van der Waals surface area contributed by atoms with Gasteiger partial charge in [0.2, 0.25) is 0 Å². The van der Waals surface area contributed by atoms with E-state index in [2.05, 4.69) is 24.5 Å². The molecule has 0 spiro atoms. The number of carbonyl (C=O) groups excluding carboxylic acids is 1. The first-order valence-corrected chi connectivity index (χ1v) is 4.46. The molecular weight excluding hydrogens is 152 g/mol. The second-order valence-corrected chi connectivity index (χ2v) is 3.58. The fourth-order valence-corrected chi connectivity index (χ4v) is 1.45. The predicted molar refractivity (Wildman–Crippen MR) is 48.5 cm³/mol. The number of nitrogens with one attached hydrogen (secondary N) is 2. The van der Waals surface area contributed by atoms with Gasteiger partial charge in [-0.2, -0.15) is 0 Å². The molecular formula is C9H16N2O. The molecule has 1 unspecified atom stereocenters. The fraction of sp³-hybridized carbons (Fsp3) is 0.778. The van der Waals surface area contributed by atoms with Crippen LogP contribution in [-0.2, 0) is 4.79 Å². The lowest BCUT2D eigenvalue weighted by atomic mass is 10.0. The molecule has 12 heavy (non-hydrogen) atoms. The third-order valence-electron chi connectivity index (χ3n) is 2.00. The van der Waals surface area contributed by atoms with Gasteiger partial charge in [0.25, 0.3) is 0 Å². The highest BCUT2D eigenvalue weighted by atomic mass is 16.1. The smallest absolute Gasteiger partial charge is 0.147 e. The summed E-state index contributed by atoms with van der Waals surface area (Å²) in [4.78, 5) is 10.5. The second-order valence-electron chi connectivity index (χ2n) is 3.58. The average Bonchev–Trinajstić information content (AvgIpc) is 2.04. The number of hydrogen-bond donors (Lipinski definition) is 2. The highest BCUT2D eigenvalue weighted by Crippen LogP contribution is 2.10. The lowest BCUT2D eigenvalue weighted by molar-refractivity contribution is 0.410. The molecule has 0 aromatic carbocycles. The summed E-state index contributed by atoms with van der Waals surface area (Å²) in [6.45, 7) is 6.07. The van der Waals surface area contributed by atoms with Crippen LogP contribution in [0.3, 0.4) is 0 Å². The molecule has 1 aliphatic heterocycles. The van der Waals surface area contributed by atoms with E-state index < -0.39 is 0 Å². The first-order valence-electron chi connectivity index (χ1n) is 4.46. The van der Waals surface area contributed by atoms with Gasteiger partial charge in [-0.05, 0) is 12.3 Å². The molecule has 0 saturated carbocycles. The van der Waals surface area contributed by atoms with Crippen LogP contribution < -0.4 is 10.6 Å². The van der Waals surface area contributed by atoms with Crippen molar-refractivity contribution < 1.29 is 4.79 Å². The van der Waals surface area contributed by atoms with Crippen molar-refractivity contribution in [1.29, 1.82) is 0 Å². The van der Waals surface area contributed by atoms with Crippen molar-refractivity contribution in [3.8, 4) is 0 Å². The lowest BCUT2D eigenvalue weighted by Crippen LogP contribution is -2.47. The van der Waals surface area contributed by atoms with Crippen LogP contribution in [0.25, 0.3) is 0 Å². The fourth-order valence-electron chi connectivity index (χ4n) is 1.45. The van der Waals surface area contributed by atoms with E-state index in [1.54, 1.807) is 0 Å². The van der Waals surface area contributed by atoms with Gasteiger partial charge in [-0.1, -0.05) is 13.8 Å². The molecule has 1 heterocycles. The number of rotatable bonds is 2. The third-order valence-corrected chi connectivity index (χ3v) is 2.00. The van der Waals surface area contributed by atoms with E-state index >= 15 is 0 Å². The van der Waals surface area contributed by atoms with Crippen LogP contribution in [-0.4, -0.2) is 25.1 Å². The molecule has 1 fully saturated rings. The molecule has 68 valence electrons. The molecule has 3 heteroatoms. The van der Waals surface area contributed by atoms with E-state index in [0.29, 0.717) is 11.6 Å². The second kappa shape index (κ2) is 4.29. The summed E-state index contributed by atoms with van der Waals surface area (Å²) in [5.41, 5.74) is 0.690. The van der Waals surface area contributed by atoms with Gasteiger partial charge >= 0.3 is 0 Å². The van der Waals surface area contributed by atoms with Crippen LogP contribution in [0.1, 0.15) is 20.3 Å². The molecule has 0 aromatic heterocycles. The van der Waals surface area contributed by atoms with E-state index in [0.717, 1.165) is 19.5 Å². The molecule has 0 bridgehead atoms. The van der Waals surface area contributed by atoms with E-state index in [1.165, 1.54) is 0 Å². The largest absolute Gasteiger partial charge is 0.377 e. The van der Waals surface area contributed by atoms with Gasteiger partial charge in [0, 0.05) is 13.1 Å². The Bertz CT molecular complexity index is 195. The monoisotopic (exact) mass is 168 g/mol. The Labute approximate surface area is 73.2 Å². The van der Waals surface area contributed by atoms with Crippen molar-refractivity contribution in [2.24, 2.45) is 5.92 Å². The third kappa shape index (κ3) is 2.36. The standard InChI is InChI=1S/C9H16N2O/c1-7(2)5-8-9(6-12)11-4-3-10-8/h7-8,10-11H,3-5H2,1-2H3. The van der Waals surface area contributed by atoms with E-state index in [-0.39, 0.29) is 6.04 Å². The minimum Gasteiger partial charge on any atom is -0.377 e. The molecule has 1 rings (SSSR count). The SMILES string of the molecule is CC(C)CC1NCCNC1=C=O. The quantitative estimate of drug-likeness (QED) is 0.583. The van der Waals surface area contributed by atoms with Gasteiger partial charge in [-0.3, -0.25) is 0 Å². The minimum atomic E-state index is 0.191. The van der Waals surface area contributed by atoms with E-state index in [4.69, 9.17) is 0 Å². The number of piperazine rings is 1. The molecule has 1 atom stereocenters. The normalized spacial score (nSPS) is 23.6. The van der Waals surface area contributed by atoms with Crippen molar-refractivity contribution >= 4 is 5.94 Å². The maximum atomic E-state index is 10.5. The zero-order valence-electron chi connectivity index (χ0n) is 7.68. The van der Waals surface area contributed by atoms with Crippen LogP contribution in [0.15, 0.2) is 5.70 Å². The maximum Gasteiger partial charge on any atom is 0.147 e. The van der Waals surface area contributed by atoms with Crippen LogP contribution in [0.4, 0.5) is 0 Å². The Hall–Kier alpha value is -0.790. The molecule has 0 aliphatic carbocycles. The number of hydrogen-bond acceptors (Lipinski definition) is 3. The molecule has 1 saturated heterocycles. The topological polar surface area (TPSA) is 41.1 Å². The molecule has 2 N–H and O–H groups in total. The van der Waals surface area contributed by atoms with Gasteiger partial charge in [0.05, 0.1) is 6.04 Å². The summed E-state index contributed by atoms with van der Waals surface area (Å²) >= 11 is 0. The summed E-state index contributed by atoms with van der Waals surface area (Å²) in [5.74, 6) is 2.55. The molecule has 0 amide bonds. The summed E-state index contributed by atoms with van der Waals surface area (Å²) in [5, 5.41) is 6.34. The van der Waals surface area contributed by atoms with Crippen LogP contribution in [0.2, 0.25) is 0 Å². The Balaban J connectivity index is 2.54. The van der Waals surface area contributed by atoms with Crippen molar-refractivity contribution in [2.75, 3.05) is 13.1 Å². The van der Waals surface area contributed by atoms with Gasteiger partial charge in [0.15, 0.2) is 0 Å². The summed E-state index contributed by atoms with van der Waals surface area (Å²) in [6, 6.07) is 0.191. The Morgan fingerprint density at radius 3 is 2.92 bits per heavy atom. The Kier molecular flexibility index (Phi) is 3.32. The molecule has 0 radical (unpaired) electrons. The zero-order valence-corrected chi connectivity index (χ0v) is 7.68. The van der Waals surface area contributed by atoms with Crippen molar-refractivity contribution in [2.45, 2.75) is 26.3 Å². The van der Waals surface area contributed by atoms with Crippen molar-refractivity contribution in [3.63, 3.8) is 0 Å². The predicted octanol–water partition coefficient (Wildman–Crippen LogP) is 0.309. The van der Waals surface area contributed by atoms with Gasteiger partial charge in [0.1, 0.15) is 11.6 Å². The summed E-state index contributed by atoms with van der Waals surface area (Å²) in [6.07, 6.45) is 0.998. The van der Waals surface area contributed by atoms with Gasteiger partial charge < -0.3 is 10.6 Å². The zero-order chi connectivity index (χ0) is 8.97. The Morgan fingerprint density at radius 1 is 1.58 bits per heavy atom. The van der Waals surface area contributed by atoms with E-state index in [1.807, 2.05) is 5.94 Å². The first-order chi connectivity index (χ1) is 5.74. The highest BCUT2D eigenvalue weighted by molar-refractivity contribution is 5.54. The molecule has 3 nitrogen and oxygen atoms in total. The summed E-state index contributed by atoms with van der Waals surface area (Å²) in [7, 11) is 0.